The van der Waals surface area contributed by atoms with E-state index in [1.165, 1.54) is 30.5 Å². The van der Waals surface area contributed by atoms with Gasteiger partial charge < -0.3 is 18.9 Å². The van der Waals surface area contributed by atoms with Crippen LogP contribution in [0.3, 0.4) is 0 Å². The highest BCUT2D eigenvalue weighted by atomic mass is 16.7. The van der Waals surface area contributed by atoms with Crippen LogP contribution in [0.25, 0.3) is 0 Å². The Bertz CT molecular complexity index is 1080. The molecule has 7 rings (SSSR count). The van der Waals surface area contributed by atoms with E-state index in [2.05, 4.69) is 41.3 Å². The molecule has 2 saturated carbocycles. The molecular weight excluding hydrogens is 426 g/mol. The zero-order chi connectivity index (χ0) is 22.9. The van der Waals surface area contributed by atoms with Gasteiger partial charge in [-0.1, -0.05) is 36.4 Å². The van der Waals surface area contributed by atoms with Crippen molar-refractivity contribution in [2.75, 3.05) is 27.3 Å². The zero-order valence-electron chi connectivity index (χ0n) is 20.3. The van der Waals surface area contributed by atoms with Gasteiger partial charge >= 0.3 is 0 Å². The molecule has 1 saturated heterocycles. The molecule has 1 unspecified atom stereocenters. The van der Waals surface area contributed by atoms with Crippen LogP contribution in [-0.4, -0.2) is 50.1 Å². The summed E-state index contributed by atoms with van der Waals surface area (Å²) in [7, 11) is 3.56. The molecular formula is C29H35NO4. The second-order valence-corrected chi connectivity index (χ2v) is 11.1. The molecule has 3 aliphatic carbocycles. The van der Waals surface area contributed by atoms with Gasteiger partial charge in [0.2, 0.25) is 5.79 Å². The Morgan fingerprint density at radius 1 is 1.00 bits per heavy atom. The number of likely N-dealkylation sites (tertiary alicyclic amines) is 1. The van der Waals surface area contributed by atoms with E-state index in [4.69, 9.17) is 18.9 Å². The number of benzene rings is 2. The summed E-state index contributed by atoms with van der Waals surface area (Å²) in [6.45, 7) is 2.94. The van der Waals surface area contributed by atoms with Crippen molar-refractivity contribution < 1.29 is 18.9 Å². The molecule has 0 N–H and O–H groups in total. The van der Waals surface area contributed by atoms with Crippen molar-refractivity contribution in [3.63, 3.8) is 0 Å². The molecule has 2 aliphatic heterocycles. The lowest BCUT2D eigenvalue weighted by atomic mass is 9.50. The van der Waals surface area contributed by atoms with Gasteiger partial charge in [0.05, 0.1) is 0 Å². The number of ether oxygens (including phenoxy) is 4. The Labute approximate surface area is 202 Å². The topological polar surface area (TPSA) is 40.2 Å². The van der Waals surface area contributed by atoms with Gasteiger partial charge in [-0.2, -0.15) is 0 Å². The average Bonchev–Trinajstić information content (AvgIpc) is 3.63. The van der Waals surface area contributed by atoms with Crippen molar-refractivity contribution in [3.8, 4) is 11.5 Å². The second-order valence-electron chi connectivity index (χ2n) is 11.1. The minimum atomic E-state index is -0.718. The smallest absolute Gasteiger partial charge is 0.206 e. The van der Waals surface area contributed by atoms with Crippen molar-refractivity contribution in [1.29, 1.82) is 0 Å². The molecule has 2 bridgehead atoms. The average molecular weight is 462 g/mol. The van der Waals surface area contributed by atoms with Gasteiger partial charge in [-0.15, -0.1) is 0 Å². The quantitative estimate of drug-likeness (QED) is 0.559. The lowest BCUT2D eigenvalue weighted by Crippen LogP contribution is -2.71. The lowest BCUT2D eigenvalue weighted by molar-refractivity contribution is -0.292. The zero-order valence-corrected chi connectivity index (χ0v) is 20.3. The third kappa shape index (κ3) is 2.90. The van der Waals surface area contributed by atoms with Gasteiger partial charge in [-0.3, -0.25) is 4.90 Å². The van der Waals surface area contributed by atoms with E-state index in [0.717, 1.165) is 55.2 Å². The molecule has 2 heterocycles. The van der Waals surface area contributed by atoms with Crippen LogP contribution >= 0.6 is 0 Å². The lowest BCUT2D eigenvalue weighted by Gasteiger charge is -2.61. The highest BCUT2D eigenvalue weighted by molar-refractivity contribution is 5.61. The number of methoxy groups -OCH3 is 2. The summed E-state index contributed by atoms with van der Waals surface area (Å²) >= 11 is 0. The Morgan fingerprint density at radius 3 is 2.59 bits per heavy atom. The van der Waals surface area contributed by atoms with E-state index in [0.29, 0.717) is 18.6 Å². The molecule has 5 nitrogen and oxygen atoms in total. The van der Waals surface area contributed by atoms with E-state index in [1.807, 2.05) is 6.07 Å². The standard InChI is InChI=1S/C29H35NO4/c1-31-29(32-2)13-12-22-23-16-21-10-11-24(33-18-20-6-4-3-5-7-20)26-25(21)28(22,27(29)34-26)14-15-30(23)17-19-8-9-19/h3-7,10-11,19,22-23,27H,8-9,12-18H2,1-2H3/t22?,23-,27-,28+/m0/s1. The summed E-state index contributed by atoms with van der Waals surface area (Å²) in [5, 5.41) is 0. The van der Waals surface area contributed by atoms with Crippen molar-refractivity contribution in [3.05, 3.63) is 59.2 Å². The molecule has 180 valence electrons. The maximum atomic E-state index is 6.93. The molecule has 2 aromatic carbocycles. The first-order chi connectivity index (χ1) is 16.7. The normalized spacial score (nSPS) is 32.7. The molecule has 3 fully saturated rings. The molecule has 0 aromatic heterocycles. The SMILES string of the molecule is COC1(OC)CCC2[C@@H]3Cc4ccc(OCc5ccccc5)c5c4[C@]2(CCN3CC2CC2)[C@@H]1O5. The summed E-state index contributed by atoms with van der Waals surface area (Å²) in [5.74, 6) is 2.56. The van der Waals surface area contributed by atoms with Crippen molar-refractivity contribution in [2.24, 2.45) is 11.8 Å². The molecule has 0 amide bonds. The van der Waals surface area contributed by atoms with Crippen LogP contribution in [0, 0.1) is 11.8 Å². The fourth-order valence-electron chi connectivity index (χ4n) is 7.80. The van der Waals surface area contributed by atoms with Crippen LogP contribution < -0.4 is 9.47 Å². The minimum absolute atomic E-state index is 0.0655. The Hall–Kier alpha value is -2.08. The summed E-state index contributed by atoms with van der Waals surface area (Å²) in [5.41, 5.74) is 3.93. The van der Waals surface area contributed by atoms with E-state index >= 15 is 0 Å². The Balaban J connectivity index is 1.32. The first kappa shape index (κ1) is 21.2. The summed E-state index contributed by atoms with van der Waals surface area (Å²) in [6.07, 6.45) is 6.87. The highest BCUT2D eigenvalue weighted by Gasteiger charge is 2.70. The fraction of sp³-hybridized carbons (Fsp3) is 0.586. The third-order valence-corrected chi connectivity index (χ3v) is 9.53. The van der Waals surface area contributed by atoms with Crippen molar-refractivity contribution in [1.82, 2.24) is 4.90 Å². The molecule has 4 atom stereocenters. The third-order valence-electron chi connectivity index (χ3n) is 9.53. The van der Waals surface area contributed by atoms with E-state index < -0.39 is 5.79 Å². The van der Waals surface area contributed by atoms with Gasteiger partial charge in [0.15, 0.2) is 17.6 Å². The predicted molar refractivity (Wildman–Crippen MR) is 129 cm³/mol. The van der Waals surface area contributed by atoms with Gasteiger partial charge in [0.1, 0.15) is 6.61 Å². The monoisotopic (exact) mass is 461 g/mol. The van der Waals surface area contributed by atoms with Gasteiger partial charge in [-0.05, 0) is 67.7 Å². The first-order valence-electron chi connectivity index (χ1n) is 13.0. The maximum Gasteiger partial charge on any atom is 0.206 e. The number of hydrogen-bond acceptors (Lipinski definition) is 5. The van der Waals surface area contributed by atoms with Crippen LogP contribution in [0.2, 0.25) is 0 Å². The predicted octanol–water partition coefficient (Wildman–Crippen LogP) is 4.70. The largest absolute Gasteiger partial charge is 0.485 e. The van der Waals surface area contributed by atoms with Gasteiger partial charge in [-0.25, -0.2) is 0 Å². The van der Waals surface area contributed by atoms with E-state index in [1.54, 1.807) is 14.2 Å². The van der Waals surface area contributed by atoms with Crippen molar-refractivity contribution in [2.45, 2.75) is 68.5 Å². The molecule has 34 heavy (non-hydrogen) atoms. The van der Waals surface area contributed by atoms with Gasteiger partial charge in [0.25, 0.3) is 0 Å². The van der Waals surface area contributed by atoms with Gasteiger partial charge in [0, 0.05) is 44.2 Å². The number of hydrogen-bond donors (Lipinski definition) is 0. The maximum absolute atomic E-state index is 6.93. The van der Waals surface area contributed by atoms with Crippen LogP contribution in [-0.2, 0) is 27.9 Å². The van der Waals surface area contributed by atoms with Crippen LogP contribution in [0.1, 0.15) is 48.8 Å². The Morgan fingerprint density at radius 2 is 1.82 bits per heavy atom. The molecule has 0 radical (unpaired) electrons. The molecule has 5 heteroatoms. The summed E-state index contributed by atoms with van der Waals surface area (Å²) in [4.78, 5) is 2.82. The number of rotatable bonds is 7. The fourth-order valence-corrected chi connectivity index (χ4v) is 7.80. The summed E-state index contributed by atoms with van der Waals surface area (Å²) in [6, 6.07) is 15.4. The Kier molecular flexibility index (Phi) is 4.81. The summed E-state index contributed by atoms with van der Waals surface area (Å²) < 4.78 is 25.6. The number of piperidine rings is 1. The van der Waals surface area contributed by atoms with E-state index in [9.17, 15) is 0 Å². The number of nitrogens with zero attached hydrogens (tertiary/aromatic N) is 1. The van der Waals surface area contributed by atoms with E-state index in [-0.39, 0.29) is 11.5 Å². The second kappa shape index (κ2) is 7.71. The molecule has 5 aliphatic rings. The molecule has 1 spiro atoms. The minimum Gasteiger partial charge on any atom is -0.485 e. The van der Waals surface area contributed by atoms with Crippen LogP contribution in [0.4, 0.5) is 0 Å². The molecule has 2 aromatic rings. The van der Waals surface area contributed by atoms with Crippen LogP contribution in [0.15, 0.2) is 42.5 Å². The van der Waals surface area contributed by atoms with Crippen LogP contribution in [0.5, 0.6) is 11.5 Å². The highest BCUT2D eigenvalue weighted by Crippen LogP contribution is 2.66. The first-order valence-corrected chi connectivity index (χ1v) is 13.0. The van der Waals surface area contributed by atoms with Crippen molar-refractivity contribution >= 4 is 0 Å².